The summed E-state index contributed by atoms with van der Waals surface area (Å²) in [6, 6.07) is 5.44. The SMILES string of the molecule is NS/C(=C\NCC(=O)O)c1ccccn1. The molecule has 0 atom stereocenters. The highest BCUT2D eigenvalue weighted by atomic mass is 32.2. The number of carboxylic acids is 1. The van der Waals surface area contributed by atoms with Gasteiger partial charge in [-0.15, -0.1) is 0 Å². The van der Waals surface area contributed by atoms with Gasteiger partial charge in [0.2, 0.25) is 0 Å². The van der Waals surface area contributed by atoms with Crippen molar-refractivity contribution in [3.63, 3.8) is 0 Å². The zero-order chi connectivity index (χ0) is 11.1. The molecule has 0 saturated carbocycles. The molecular weight excluding hydrogens is 214 g/mol. The number of nitrogens with one attached hydrogen (secondary N) is 1. The molecule has 0 saturated heterocycles. The molecule has 1 aromatic rings. The van der Waals surface area contributed by atoms with Gasteiger partial charge >= 0.3 is 5.97 Å². The highest BCUT2D eigenvalue weighted by molar-refractivity contribution is 8.06. The van der Waals surface area contributed by atoms with Gasteiger partial charge in [0.05, 0.1) is 10.6 Å². The van der Waals surface area contributed by atoms with Crippen LogP contribution in [0.25, 0.3) is 4.91 Å². The molecule has 4 N–H and O–H groups in total. The van der Waals surface area contributed by atoms with Gasteiger partial charge in [-0.05, 0) is 24.1 Å². The summed E-state index contributed by atoms with van der Waals surface area (Å²) < 4.78 is 0. The Morgan fingerprint density at radius 2 is 2.47 bits per heavy atom. The molecule has 15 heavy (non-hydrogen) atoms. The second-order valence-corrected chi connectivity index (χ2v) is 3.29. The first kappa shape index (κ1) is 11.5. The molecule has 0 amide bonds. The summed E-state index contributed by atoms with van der Waals surface area (Å²) in [5, 5.41) is 16.5. The van der Waals surface area contributed by atoms with Gasteiger partial charge in [-0.25, -0.2) is 0 Å². The van der Waals surface area contributed by atoms with Crippen molar-refractivity contribution in [3.05, 3.63) is 36.3 Å². The minimum Gasteiger partial charge on any atom is -0.480 e. The maximum absolute atomic E-state index is 10.3. The van der Waals surface area contributed by atoms with E-state index < -0.39 is 5.97 Å². The highest BCUT2D eigenvalue weighted by Crippen LogP contribution is 2.18. The zero-order valence-electron chi connectivity index (χ0n) is 7.88. The molecule has 0 fully saturated rings. The van der Waals surface area contributed by atoms with Crippen LogP contribution in [0.15, 0.2) is 30.6 Å². The quantitative estimate of drug-likeness (QED) is 0.638. The van der Waals surface area contributed by atoms with Crippen LogP contribution < -0.4 is 10.5 Å². The third-order valence-corrected chi connectivity index (χ3v) is 2.11. The van der Waals surface area contributed by atoms with Gasteiger partial charge in [0.15, 0.2) is 0 Å². The van der Waals surface area contributed by atoms with E-state index in [1.807, 2.05) is 6.07 Å². The number of nitrogens with zero attached hydrogens (tertiary/aromatic N) is 1. The smallest absolute Gasteiger partial charge is 0.322 e. The van der Waals surface area contributed by atoms with Crippen LogP contribution in [0.2, 0.25) is 0 Å². The van der Waals surface area contributed by atoms with Crippen molar-refractivity contribution in [1.82, 2.24) is 10.3 Å². The van der Waals surface area contributed by atoms with Crippen molar-refractivity contribution in [2.75, 3.05) is 6.54 Å². The van der Waals surface area contributed by atoms with Crippen molar-refractivity contribution in [2.24, 2.45) is 5.14 Å². The average molecular weight is 225 g/mol. The van der Waals surface area contributed by atoms with Crippen molar-refractivity contribution in [3.8, 4) is 0 Å². The van der Waals surface area contributed by atoms with Crippen molar-refractivity contribution in [1.29, 1.82) is 0 Å². The summed E-state index contributed by atoms with van der Waals surface area (Å²) in [6.07, 6.45) is 3.19. The number of hydrogen-bond acceptors (Lipinski definition) is 5. The summed E-state index contributed by atoms with van der Waals surface area (Å²) in [6.45, 7) is -0.142. The number of nitrogens with two attached hydrogens (primary N) is 1. The van der Waals surface area contributed by atoms with Gasteiger partial charge in [0.25, 0.3) is 0 Å². The summed E-state index contributed by atoms with van der Waals surface area (Å²) >= 11 is 1.02. The molecule has 1 rings (SSSR count). The molecule has 0 spiro atoms. The summed E-state index contributed by atoms with van der Waals surface area (Å²) in [7, 11) is 0. The maximum atomic E-state index is 10.3. The Hall–Kier alpha value is -1.53. The lowest BCUT2D eigenvalue weighted by atomic mass is 10.3. The van der Waals surface area contributed by atoms with Crippen molar-refractivity contribution < 1.29 is 9.90 Å². The molecule has 0 aliphatic rings. The second kappa shape index (κ2) is 6.05. The van der Waals surface area contributed by atoms with E-state index in [4.69, 9.17) is 10.2 Å². The molecule has 6 heteroatoms. The first-order valence-corrected chi connectivity index (χ1v) is 5.05. The van der Waals surface area contributed by atoms with Gasteiger partial charge in [0, 0.05) is 12.4 Å². The highest BCUT2D eigenvalue weighted by Gasteiger charge is 2.01. The van der Waals surface area contributed by atoms with Crippen LogP contribution in [-0.2, 0) is 4.79 Å². The maximum Gasteiger partial charge on any atom is 0.322 e. The fraction of sp³-hybridized carbons (Fsp3) is 0.111. The lowest BCUT2D eigenvalue weighted by Gasteiger charge is -2.03. The number of pyridine rings is 1. The topological polar surface area (TPSA) is 88.2 Å². The molecule has 0 aliphatic carbocycles. The van der Waals surface area contributed by atoms with Crippen LogP contribution in [0.4, 0.5) is 0 Å². The van der Waals surface area contributed by atoms with E-state index in [2.05, 4.69) is 10.3 Å². The number of aliphatic carboxylic acids is 1. The predicted molar refractivity (Wildman–Crippen MR) is 59.6 cm³/mol. The fourth-order valence-corrected chi connectivity index (χ4v) is 1.30. The third-order valence-electron chi connectivity index (χ3n) is 1.53. The van der Waals surface area contributed by atoms with Crippen LogP contribution in [0.5, 0.6) is 0 Å². The standard InChI is InChI=1S/C9H11N3O2S/c10-15-8(5-11-6-9(13)14)7-3-1-2-4-12-7/h1-5,11H,6,10H2,(H,13,14)/b8-5-. The predicted octanol–water partition coefficient (Wildman–Crippen LogP) is 0.661. The normalized spacial score (nSPS) is 11.1. The molecule has 0 unspecified atom stereocenters. The van der Waals surface area contributed by atoms with Crippen LogP contribution >= 0.6 is 11.9 Å². The average Bonchev–Trinajstić information content (AvgIpc) is 2.25. The Bertz CT molecular complexity index is 354. The Kier molecular flexibility index (Phi) is 4.65. The lowest BCUT2D eigenvalue weighted by Crippen LogP contribution is -2.17. The molecular formula is C9H11N3O2S. The minimum atomic E-state index is -0.923. The summed E-state index contributed by atoms with van der Waals surface area (Å²) in [4.78, 5) is 15.0. The van der Waals surface area contributed by atoms with E-state index in [1.54, 1.807) is 24.5 Å². The number of rotatable bonds is 5. The molecule has 0 radical (unpaired) electrons. The molecule has 80 valence electrons. The molecule has 1 aromatic heterocycles. The Labute approximate surface area is 91.5 Å². The molecule has 0 bridgehead atoms. The van der Waals surface area contributed by atoms with E-state index in [0.29, 0.717) is 10.6 Å². The summed E-state index contributed by atoms with van der Waals surface area (Å²) in [5.74, 6) is -0.923. The second-order valence-electron chi connectivity index (χ2n) is 2.62. The van der Waals surface area contributed by atoms with E-state index in [0.717, 1.165) is 11.9 Å². The molecule has 5 nitrogen and oxygen atoms in total. The van der Waals surface area contributed by atoms with Crippen molar-refractivity contribution in [2.45, 2.75) is 0 Å². The van der Waals surface area contributed by atoms with E-state index in [1.165, 1.54) is 0 Å². The molecule has 1 heterocycles. The van der Waals surface area contributed by atoms with Gasteiger partial charge < -0.3 is 10.4 Å². The minimum absolute atomic E-state index is 0.142. The van der Waals surface area contributed by atoms with Crippen molar-refractivity contribution >= 4 is 22.8 Å². The van der Waals surface area contributed by atoms with Crippen LogP contribution in [-0.4, -0.2) is 22.6 Å². The first-order chi connectivity index (χ1) is 7.24. The van der Waals surface area contributed by atoms with Gasteiger partial charge in [0.1, 0.15) is 6.54 Å². The number of carbonyl (C=O) groups is 1. The Balaban J connectivity index is 2.67. The van der Waals surface area contributed by atoms with E-state index in [9.17, 15) is 4.79 Å². The monoisotopic (exact) mass is 225 g/mol. The summed E-state index contributed by atoms with van der Waals surface area (Å²) in [5.41, 5.74) is 0.711. The van der Waals surface area contributed by atoms with Crippen LogP contribution in [0.3, 0.4) is 0 Å². The number of carboxylic acid groups (broad SMARTS) is 1. The molecule has 0 aromatic carbocycles. The van der Waals surface area contributed by atoms with Gasteiger partial charge in [-0.3, -0.25) is 14.9 Å². The number of aromatic nitrogens is 1. The van der Waals surface area contributed by atoms with Crippen LogP contribution in [0.1, 0.15) is 5.69 Å². The Morgan fingerprint density at radius 1 is 1.67 bits per heavy atom. The van der Waals surface area contributed by atoms with E-state index in [-0.39, 0.29) is 6.54 Å². The molecule has 0 aliphatic heterocycles. The van der Waals surface area contributed by atoms with Crippen LogP contribution in [0, 0.1) is 0 Å². The van der Waals surface area contributed by atoms with Gasteiger partial charge in [-0.1, -0.05) is 6.07 Å². The van der Waals surface area contributed by atoms with E-state index >= 15 is 0 Å². The zero-order valence-corrected chi connectivity index (χ0v) is 8.70. The Morgan fingerprint density at radius 3 is 3.00 bits per heavy atom. The third kappa shape index (κ3) is 4.01. The van der Waals surface area contributed by atoms with Gasteiger partial charge in [-0.2, -0.15) is 0 Å². The first-order valence-electron chi connectivity index (χ1n) is 4.17. The largest absolute Gasteiger partial charge is 0.480 e. The lowest BCUT2D eigenvalue weighted by molar-refractivity contribution is -0.135. The number of hydrogen-bond donors (Lipinski definition) is 3. The fourth-order valence-electron chi connectivity index (χ4n) is 0.908.